The van der Waals surface area contributed by atoms with Gasteiger partial charge in [0.25, 0.3) is 11.5 Å². The van der Waals surface area contributed by atoms with E-state index in [0.717, 1.165) is 0 Å². The van der Waals surface area contributed by atoms with Crippen LogP contribution in [0.1, 0.15) is 0 Å². The topological polar surface area (TPSA) is 107 Å². The van der Waals surface area contributed by atoms with Gasteiger partial charge in [-0.25, -0.2) is 9.50 Å². The van der Waals surface area contributed by atoms with Gasteiger partial charge >= 0.3 is 0 Å². The van der Waals surface area contributed by atoms with Crippen molar-refractivity contribution in [2.75, 3.05) is 17.7 Å². The second-order valence-corrected chi connectivity index (χ2v) is 5.72. The molecular formula is C14H12N6O3S. The number of rotatable bonds is 5. The van der Waals surface area contributed by atoms with Crippen LogP contribution >= 0.6 is 11.8 Å². The molecule has 0 saturated heterocycles. The highest BCUT2D eigenvalue weighted by molar-refractivity contribution is 7.99. The molecule has 1 aromatic carbocycles. The molecule has 3 aromatic rings. The molecule has 1 amide bonds. The average molecular weight is 344 g/mol. The zero-order chi connectivity index (χ0) is 17.1. The molecule has 24 heavy (non-hydrogen) atoms. The maximum atomic E-state index is 12.2. The van der Waals surface area contributed by atoms with Crippen LogP contribution in [0.15, 0.2) is 47.9 Å². The average Bonchev–Trinajstić information content (AvgIpc) is 3.02. The molecule has 10 heteroatoms. The number of anilines is 1. The standard InChI is InChI=1S/C14H12N6O3S/c1-18(10-3-5-11(6-4-10)20(22)23)12(21)9-24-14-16-13-15-7-2-8-19(13)17-14/h2-8H,9H2,1H3. The predicted molar refractivity (Wildman–Crippen MR) is 88.0 cm³/mol. The second kappa shape index (κ2) is 6.62. The number of benzene rings is 1. The highest BCUT2D eigenvalue weighted by Crippen LogP contribution is 2.20. The van der Waals surface area contributed by atoms with Gasteiger partial charge in [0.2, 0.25) is 11.1 Å². The Kier molecular flexibility index (Phi) is 4.38. The highest BCUT2D eigenvalue weighted by atomic mass is 32.2. The number of hydrogen-bond acceptors (Lipinski definition) is 7. The molecule has 0 aliphatic rings. The van der Waals surface area contributed by atoms with Crippen molar-refractivity contribution in [2.45, 2.75) is 5.16 Å². The summed E-state index contributed by atoms with van der Waals surface area (Å²) in [6.45, 7) is 0. The van der Waals surface area contributed by atoms with Gasteiger partial charge in [-0.05, 0) is 18.2 Å². The molecule has 0 aliphatic carbocycles. The molecular weight excluding hydrogens is 332 g/mol. The van der Waals surface area contributed by atoms with E-state index in [2.05, 4.69) is 15.1 Å². The summed E-state index contributed by atoms with van der Waals surface area (Å²) in [6, 6.07) is 7.54. The smallest absolute Gasteiger partial charge is 0.269 e. The number of thioether (sulfide) groups is 1. The zero-order valence-electron chi connectivity index (χ0n) is 12.6. The lowest BCUT2D eigenvalue weighted by Crippen LogP contribution is -2.27. The van der Waals surface area contributed by atoms with Crippen molar-refractivity contribution in [3.05, 3.63) is 52.8 Å². The molecule has 0 N–H and O–H groups in total. The molecule has 0 aliphatic heterocycles. The minimum Gasteiger partial charge on any atom is -0.315 e. The summed E-state index contributed by atoms with van der Waals surface area (Å²) in [5.41, 5.74) is 0.561. The molecule has 0 fully saturated rings. The van der Waals surface area contributed by atoms with Gasteiger partial charge < -0.3 is 4.90 Å². The molecule has 0 unspecified atom stereocenters. The Bertz CT molecular complexity index is 862. The first-order chi connectivity index (χ1) is 11.5. The molecule has 0 spiro atoms. The fraction of sp³-hybridized carbons (Fsp3) is 0.143. The van der Waals surface area contributed by atoms with Gasteiger partial charge in [-0.15, -0.1) is 5.10 Å². The fourth-order valence-corrected chi connectivity index (χ4v) is 2.68. The fourth-order valence-electron chi connectivity index (χ4n) is 1.94. The van der Waals surface area contributed by atoms with Crippen LogP contribution in [0.4, 0.5) is 11.4 Å². The summed E-state index contributed by atoms with van der Waals surface area (Å²) in [7, 11) is 1.61. The Hall–Kier alpha value is -3.01. The largest absolute Gasteiger partial charge is 0.315 e. The number of carbonyl (C=O) groups excluding carboxylic acids is 1. The Morgan fingerprint density at radius 3 is 2.79 bits per heavy atom. The lowest BCUT2D eigenvalue weighted by atomic mass is 10.2. The van der Waals surface area contributed by atoms with E-state index in [1.54, 1.807) is 25.5 Å². The van der Waals surface area contributed by atoms with E-state index >= 15 is 0 Å². The lowest BCUT2D eigenvalue weighted by Gasteiger charge is -2.16. The molecule has 2 aromatic heterocycles. The summed E-state index contributed by atoms with van der Waals surface area (Å²) >= 11 is 1.20. The summed E-state index contributed by atoms with van der Waals surface area (Å²) in [4.78, 5) is 32.1. The number of non-ortho nitro benzene ring substituents is 1. The van der Waals surface area contributed by atoms with Crippen molar-refractivity contribution in [3.8, 4) is 0 Å². The van der Waals surface area contributed by atoms with E-state index in [0.29, 0.717) is 16.6 Å². The monoisotopic (exact) mass is 344 g/mol. The maximum Gasteiger partial charge on any atom is 0.269 e. The number of carbonyl (C=O) groups is 1. The first kappa shape index (κ1) is 15.9. The number of hydrogen-bond donors (Lipinski definition) is 0. The number of nitro groups is 1. The molecule has 9 nitrogen and oxygen atoms in total. The van der Waals surface area contributed by atoms with Crippen LogP contribution in [0.3, 0.4) is 0 Å². The normalized spacial score (nSPS) is 10.7. The van der Waals surface area contributed by atoms with Gasteiger partial charge in [-0.2, -0.15) is 4.98 Å². The Morgan fingerprint density at radius 1 is 1.38 bits per heavy atom. The van der Waals surface area contributed by atoms with Crippen molar-refractivity contribution in [3.63, 3.8) is 0 Å². The van der Waals surface area contributed by atoms with Crippen LogP contribution in [-0.4, -0.2) is 43.2 Å². The molecule has 0 radical (unpaired) electrons. The van der Waals surface area contributed by atoms with Crippen LogP contribution in [0.2, 0.25) is 0 Å². The number of nitrogens with zero attached hydrogens (tertiary/aromatic N) is 6. The second-order valence-electron chi connectivity index (χ2n) is 4.77. The van der Waals surface area contributed by atoms with Crippen LogP contribution in [-0.2, 0) is 4.79 Å². The van der Waals surface area contributed by atoms with E-state index in [1.807, 2.05) is 0 Å². The predicted octanol–water partition coefficient (Wildman–Crippen LogP) is 1.79. The van der Waals surface area contributed by atoms with E-state index in [1.165, 1.54) is 45.4 Å². The number of aromatic nitrogens is 4. The number of nitro benzene ring substituents is 1. The number of fused-ring (bicyclic) bond motifs is 1. The minimum atomic E-state index is -0.482. The third-order valence-corrected chi connectivity index (χ3v) is 4.07. The van der Waals surface area contributed by atoms with Gasteiger partial charge in [0.1, 0.15) is 0 Å². The molecule has 0 bridgehead atoms. The van der Waals surface area contributed by atoms with Crippen LogP contribution in [0, 0.1) is 10.1 Å². The van der Waals surface area contributed by atoms with Crippen LogP contribution in [0.25, 0.3) is 5.78 Å². The van der Waals surface area contributed by atoms with Crippen molar-refractivity contribution in [1.29, 1.82) is 0 Å². The Morgan fingerprint density at radius 2 is 2.12 bits per heavy atom. The first-order valence-corrected chi connectivity index (χ1v) is 7.84. The summed E-state index contributed by atoms with van der Waals surface area (Å²) in [6.07, 6.45) is 3.34. The number of amides is 1. The SMILES string of the molecule is CN(C(=O)CSc1nc2ncccn2n1)c1ccc([N+](=O)[O-])cc1. The molecule has 0 atom stereocenters. The Balaban J connectivity index is 1.64. The van der Waals surface area contributed by atoms with Gasteiger partial charge in [0, 0.05) is 37.3 Å². The maximum absolute atomic E-state index is 12.2. The van der Waals surface area contributed by atoms with Crippen LogP contribution in [0.5, 0.6) is 0 Å². The molecule has 3 rings (SSSR count). The molecule has 122 valence electrons. The first-order valence-electron chi connectivity index (χ1n) is 6.86. The summed E-state index contributed by atoms with van der Waals surface area (Å²) in [5.74, 6) is 0.446. The van der Waals surface area contributed by atoms with E-state index in [9.17, 15) is 14.9 Å². The third-order valence-electron chi connectivity index (χ3n) is 3.24. The van der Waals surface area contributed by atoms with E-state index in [4.69, 9.17) is 0 Å². The lowest BCUT2D eigenvalue weighted by molar-refractivity contribution is -0.384. The highest BCUT2D eigenvalue weighted by Gasteiger charge is 2.14. The van der Waals surface area contributed by atoms with Crippen molar-refractivity contribution < 1.29 is 9.72 Å². The van der Waals surface area contributed by atoms with Crippen molar-refractivity contribution in [2.24, 2.45) is 0 Å². The van der Waals surface area contributed by atoms with Crippen molar-refractivity contribution in [1.82, 2.24) is 19.6 Å². The van der Waals surface area contributed by atoms with E-state index < -0.39 is 4.92 Å². The molecule has 0 saturated carbocycles. The summed E-state index contributed by atoms with van der Waals surface area (Å²) in [5, 5.41) is 15.3. The molecule has 2 heterocycles. The van der Waals surface area contributed by atoms with Gasteiger partial charge in [-0.1, -0.05) is 11.8 Å². The third kappa shape index (κ3) is 3.33. The Labute approximate surface area is 140 Å². The van der Waals surface area contributed by atoms with Gasteiger partial charge in [-0.3, -0.25) is 14.9 Å². The van der Waals surface area contributed by atoms with Crippen LogP contribution < -0.4 is 4.90 Å². The minimum absolute atomic E-state index is 0.0182. The van der Waals surface area contributed by atoms with Crippen molar-refractivity contribution >= 4 is 34.8 Å². The van der Waals surface area contributed by atoms with Gasteiger partial charge in [0.05, 0.1) is 10.7 Å². The quantitative estimate of drug-likeness (QED) is 0.394. The van der Waals surface area contributed by atoms with Gasteiger partial charge in [0.15, 0.2) is 0 Å². The van der Waals surface area contributed by atoms with E-state index in [-0.39, 0.29) is 17.3 Å². The zero-order valence-corrected chi connectivity index (χ0v) is 13.4. The summed E-state index contributed by atoms with van der Waals surface area (Å²) < 4.78 is 1.53.